The molecule has 42 heavy (non-hydrogen) atoms. The Morgan fingerprint density at radius 3 is 2.67 bits per heavy atom. The van der Waals surface area contributed by atoms with Gasteiger partial charge in [0, 0.05) is 48.2 Å². The molecule has 2 fully saturated rings. The molecule has 0 saturated carbocycles. The summed E-state index contributed by atoms with van der Waals surface area (Å²) in [7, 11) is 0. The second-order valence-electron chi connectivity index (χ2n) is 11.2. The minimum Gasteiger partial charge on any atom is -0.393 e. The first-order valence-corrected chi connectivity index (χ1v) is 14.6. The van der Waals surface area contributed by atoms with Crippen molar-refractivity contribution in [2.75, 3.05) is 19.6 Å². The molecule has 0 spiro atoms. The van der Waals surface area contributed by atoms with Gasteiger partial charge in [0.2, 0.25) is 23.6 Å². The van der Waals surface area contributed by atoms with E-state index in [2.05, 4.69) is 10.3 Å². The summed E-state index contributed by atoms with van der Waals surface area (Å²) in [5.74, 6) is -2.37. The molecule has 220 valence electrons. The number of aromatic amines is 1. The molecule has 2 aromatic rings. The highest BCUT2D eigenvalue weighted by Crippen LogP contribution is 2.55. The van der Waals surface area contributed by atoms with Crippen LogP contribution in [0.5, 0.6) is 0 Å². The molecule has 0 radical (unpaired) electrons. The average molecular weight is 574 g/mol. The van der Waals surface area contributed by atoms with E-state index in [1.54, 1.807) is 6.92 Å². The Balaban J connectivity index is 1.44. The van der Waals surface area contributed by atoms with E-state index in [0.29, 0.717) is 44.5 Å². The minimum absolute atomic E-state index is 0.0920. The smallest absolute Gasteiger partial charge is 0.393 e. The van der Waals surface area contributed by atoms with Crippen LogP contribution in [0.1, 0.15) is 46.1 Å². The van der Waals surface area contributed by atoms with Crippen LogP contribution in [-0.2, 0) is 25.5 Å². The molecule has 2 N–H and O–H groups in total. The SMILES string of the molecule is CCC1=C(OC(=O)N(CC)CC)N2C(=O)OC(=NCCc3c[nH]c4ccccc34)[C@]2(C)[C@H]2C1=CC[C@H]1C(=O)NC(=O)[C@H]12. The second-order valence-corrected chi connectivity index (χ2v) is 11.2. The van der Waals surface area contributed by atoms with Gasteiger partial charge >= 0.3 is 12.2 Å². The molecule has 2 saturated heterocycles. The Morgan fingerprint density at radius 2 is 1.93 bits per heavy atom. The van der Waals surface area contributed by atoms with Gasteiger partial charge in [0.05, 0.1) is 11.8 Å². The van der Waals surface area contributed by atoms with Crippen LogP contribution >= 0.6 is 0 Å². The summed E-state index contributed by atoms with van der Waals surface area (Å²) >= 11 is 0. The third-order valence-corrected chi connectivity index (χ3v) is 9.16. The molecule has 1 aromatic heterocycles. The van der Waals surface area contributed by atoms with Crippen molar-refractivity contribution >= 4 is 40.8 Å². The van der Waals surface area contributed by atoms with Crippen LogP contribution in [0.3, 0.4) is 0 Å². The molecule has 0 bridgehead atoms. The maximum atomic E-state index is 13.7. The normalized spacial score (nSPS) is 27.5. The number of carbonyl (C=O) groups excluding carboxylic acids is 4. The molecule has 4 heterocycles. The van der Waals surface area contributed by atoms with Gasteiger partial charge in [-0.05, 0) is 57.2 Å². The number of aliphatic imine (C=N–C) groups is 1. The van der Waals surface area contributed by atoms with Crippen molar-refractivity contribution in [2.45, 2.75) is 52.5 Å². The number of cyclic esters (lactones) is 1. The van der Waals surface area contributed by atoms with Gasteiger partial charge in [-0.15, -0.1) is 0 Å². The van der Waals surface area contributed by atoms with Gasteiger partial charge in [-0.1, -0.05) is 31.2 Å². The van der Waals surface area contributed by atoms with Gasteiger partial charge in [0.25, 0.3) is 0 Å². The molecule has 6 rings (SSSR count). The van der Waals surface area contributed by atoms with Crippen molar-refractivity contribution in [1.29, 1.82) is 0 Å². The molecule has 11 heteroatoms. The summed E-state index contributed by atoms with van der Waals surface area (Å²) in [5, 5.41) is 3.59. The van der Waals surface area contributed by atoms with Crippen molar-refractivity contribution in [3.8, 4) is 0 Å². The van der Waals surface area contributed by atoms with Gasteiger partial charge in [-0.25, -0.2) is 14.5 Å². The average Bonchev–Trinajstić information content (AvgIpc) is 3.60. The topological polar surface area (TPSA) is 133 Å². The van der Waals surface area contributed by atoms with E-state index in [-0.39, 0.29) is 23.6 Å². The fourth-order valence-electron chi connectivity index (χ4n) is 7.06. The highest BCUT2D eigenvalue weighted by molar-refractivity contribution is 6.09. The number of imide groups is 1. The van der Waals surface area contributed by atoms with Crippen molar-refractivity contribution in [2.24, 2.45) is 22.7 Å². The number of ether oxygens (including phenoxy) is 2. The number of carbonyl (C=O) groups is 4. The van der Waals surface area contributed by atoms with E-state index >= 15 is 0 Å². The number of hydrogen-bond donors (Lipinski definition) is 2. The van der Waals surface area contributed by atoms with Gasteiger partial charge in [-0.3, -0.25) is 19.9 Å². The van der Waals surface area contributed by atoms with Gasteiger partial charge in [-0.2, -0.15) is 0 Å². The van der Waals surface area contributed by atoms with Crippen LogP contribution in [-0.4, -0.2) is 69.9 Å². The van der Waals surface area contributed by atoms with Crippen LogP contribution in [0.25, 0.3) is 10.9 Å². The molecular weight excluding hydrogens is 538 g/mol. The highest BCUT2D eigenvalue weighted by Gasteiger charge is 2.67. The maximum Gasteiger partial charge on any atom is 0.424 e. The number of hydrogen-bond acceptors (Lipinski definition) is 7. The lowest BCUT2D eigenvalue weighted by Gasteiger charge is -2.49. The summed E-state index contributed by atoms with van der Waals surface area (Å²) < 4.78 is 11.8. The summed E-state index contributed by atoms with van der Waals surface area (Å²) in [6, 6.07) is 7.99. The standard InChI is InChI=1S/C31H35N5O6/c1-5-18-20-12-13-21-23(26(38)34-25(21)37)24(20)31(4)28(32-15-14-17-16-33-22-11-9-8-10-19(17)22)42-30(40)36(31)27(18)41-29(39)35(6-2)7-3/h8-12,16,21,23-24,33H,5-7,13-15H2,1-4H3,(H,34,37,38)/t21-,23-,24+,31+/m1/s1. The van der Waals surface area contributed by atoms with E-state index in [0.717, 1.165) is 22.0 Å². The molecule has 3 aliphatic heterocycles. The number of nitrogens with zero attached hydrogens (tertiary/aromatic N) is 3. The molecule has 1 aliphatic carbocycles. The van der Waals surface area contributed by atoms with E-state index < -0.39 is 35.5 Å². The zero-order chi connectivity index (χ0) is 29.8. The number of benzene rings is 1. The first-order chi connectivity index (χ1) is 20.2. The van der Waals surface area contributed by atoms with Crippen LogP contribution < -0.4 is 5.32 Å². The molecule has 11 nitrogen and oxygen atoms in total. The number of amides is 4. The fraction of sp³-hybridized carbons (Fsp3) is 0.452. The van der Waals surface area contributed by atoms with Crippen molar-refractivity contribution in [1.82, 2.24) is 20.1 Å². The highest BCUT2D eigenvalue weighted by atomic mass is 16.6. The van der Waals surface area contributed by atoms with E-state index in [1.165, 1.54) is 9.80 Å². The third-order valence-electron chi connectivity index (χ3n) is 9.16. The Labute approximate surface area is 243 Å². The van der Waals surface area contributed by atoms with Crippen LogP contribution in [0, 0.1) is 17.8 Å². The Morgan fingerprint density at radius 1 is 1.17 bits per heavy atom. The zero-order valence-corrected chi connectivity index (χ0v) is 24.2. The largest absolute Gasteiger partial charge is 0.424 e. The predicted molar refractivity (Wildman–Crippen MR) is 154 cm³/mol. The summed E-state index contributed by atoms with van der Waals surface area (Å²) in [4.78, 5) is 63.8. The first-order valence-electron chi connectivity index (χ1n) is 14.6. The Kier molecular flexibility index (Phi) is 6.90. The van der Waals surface area contributed by atoms with E-state index in [9.17, 15) is 19.2 Å². The molecule has 4 atom stereocenters. The number of rotatable bonds is 7. The second kappa shape index (κ2) is 10.5. The maximum absolute atomic E-state index is 13.7. The molecule has 4 aliphatic rings. The van der Waals surface area contributed by atoms with Crippen molar-refractivity contribution in [3.63, 3.8) is 0 Å². The monoisotopic (exact) mass is 573 g/mol. The van der Waals surface area contributed by atoms with E-state index in [1.807, 2.05) is 57.3 Å². The van der Waals surface area contributed by atoms with Crippen LogP contribution in [0.4, 0.5) is 9.59 Å². The van der Waals surface area contributed by atoms with Crippen molar-refractivity contribution in [3.05, 3.63) is 59.1 Å². The molecule has 4 amide bonds. The molecule has 1 aromatic carbocycles. The lowest BCUT2D eigenvalue weighted by atomic mass is 9.61. The summed E-state index contributed by atoms with van der Waals surface area (Å²) in [6.45, 7) is 8.58. The first kappa shape index (κ1) is 27.7. The number of allylic oxidation sites excluding steroid dienone is 2. The minimum atomic E-state index is -1.30. The molecule has 0 unspecified atom stereocenters. The number of H-pyrrole nitrogens is 1. The number of fused-ring (bicyclic) bond motifs is 6. The predicted octanol–water partition coefficient (Wildman–Crippen LogP) is 4.27. The third kappa shape index (κ3) is 4.05. The fourth-order valence-corrected chi connectivity index (χ4v) is 7.06. The number of para-hydroxylation sites is 1. The number of aromatic nitrogens is 1. The lowest BCUT2D eigenvalue weighted by molar-refractivity contribution is -0.126. The van der Waals surface area contributed by atoms with E-state index in [4.69, 9.17) is 14.5 Å². The van der Waals surface area contributed by atoms with Gasteiger partial charge in [0.15, 0.2) is 0 Å². The van der Waals surface area contributed by atoms with Crippen LogP contribution in [0.2, 0.25) is 0 Å². The zero-order valence-electron chi connectivity index (χ0n) is 24.2. The number of nitrogens with one attached hydrogen (secondary N) is 2. The lowest BCUT2D eigenvalue weighted by Crippen LogP contribution is -2.60. The summed E-state index contributed by atoms with van der Waals surface area (Å²) in [5.41, 5.74) is 2.22. The molecular formula is C31H35N5O6. The summed E-state index contributed by atoms with van der Waals surface area (Å²) in [6.07, 6.45) is 3.96. The van der Waals surface area contributed by atoms with Crippen LogP contribution in [0.15, 0.2) is 58.6 Å². The Bertz CT molecular complexity index is 1580. The van der Waals surface area contributed by atoms with Crippen molar-refractivity contribution < 1.29 is 28.7 Å². The van der Waals surface area contributed by atoms with Gasteiger partial charge in [0.1, 0.15) is 5.54 Å². The van der Waals surface area contributed by atoms with Gasteiger partial charge < -0.3 is 19.4 Å². The Hall–Kier alpha value is -4.41. The quantitative estimate of drug-likeness (QED) is 0.476.